The zero-order valence-electron chi connectivity index (χ0n) is 8.41. The maximum Gasteiger partial charge on any atom is 0.0578 e. The monoisotopic (exact) mass is 210 g/mol. The maximum atomic E-state index is 6.09. The van der Waals surface area contributed by atoms with Gasteiger partial charge in [0.1, 0.15) is 0 Å². The fraction of sp³-hybridized carbons (Fsp3) is 0.636. The lowest BCUT2D eigenvalue weighted by Crippen LogP contribution is -2.43. The van der Waals surface area contributed by atoms with Gasteiger partial charge in [-0.1, -0.05) is 12.5 Å². The van der Waals surface area contributed by atoms with E-state index in [4.69, 9.17) is 5.73 Å². The summed E-state index contributed by atoms with van der Waals surface area (Å²) < 4.78 is 0. The van der Waals surface area contributed by atoms with Gasteiger partial charge in [-0.25, -0.2) is 0 Å². The van der Waals surface area contributed by atoms with Crippen molar-refractivity contribution < 1.29 is 0 Å². The Morgan fingerprint density at radius 1 is 1.50 bits per heavy atom. The van der Waals surface area contributed by atoms with E-state index in [0.29, 0.717) is 5.92 Å². The van der Waals surface area contributed by atoms with Gasteiger partial charge >= 0.3 is 0 Å². The van der Waals surface area contributed by atoms with E-state index in [0.717, 1.165) is 13.0 Å². The van der Waals surface area contributed by atoms with Crippen LogP contribution in [0.2, 0.25) is 0 Å². The van der Waals surface area contributed by atoms with E-state index in [1.165, 1.54) is 24.1 Å². The molecule has 2 atom stereocenters. The zero-order valence-corrected chi connectivity index (χ0v) is 9.22. The maximum absolute atomic E-state index is 6.09. The van der Waals surface area contributed by atoms with Crippen molar-refractivity contribution in [3.63, 3.8) is 0 Å². The molecule has 78 valence electrons. The standard InChI is InChI=1S/C11H18N2S/c12-11-9(4-1-2-6-13-11)8-10-5-3-7-14-10/h3,5,7,9,11,13H,1-2,4,6,8,12H2. The predicted octanol–water partition coefficient (Wildman–Crippen LogP) is 1.97. The number of thiophene rings is 1. The Morgan fingerprint density at radius 3 is 3.21 bits per heavy atom. The van der Waals surface area contributed by atoms with Crippen molar-refractivity contribution in [3.05, 3.63) is 22.4 Å². The molecule has 3 heteroatoms. The minimum Gasteiger partial charge on any atom is -0.316 e. The van der Waals surface area contributed by atoms with E-state index in [2.05, 4.69) is 22.8 Å². The number of rotatable bonds is 2. The number of nitrogens with one attached hydrogen (secondary N) is 1. The van der Waals surface area contributed by atoms with Crippen LogP contribution >= 0.6 is 11.3 Å². The Morgan fingerprint density at radius 2 is 2.43 bits per heavy atom. The van der Waals surface area contributed by atoms with Crippen molar-refractivity contribution >= 4 is 11.3 Å². The number of nitrogens with two attached hydrogens (primary N) is 1. The molecule has 0 aromatic carbocycles. The molecule has 1 fully saturated rings. The van der Waals surface area contributed by atoms with Gasteiger partial charge in [0.25, 0.3) is 0 Å². The van der Waals surface area contributed by atoms with Crippen LogP contribution in [0.5, 0.6) is 0 Å². The Bertz CT molecular complexity index is 258. The first-order valence-corrected chi connectivity index (χ1v) is 6.25. The molecule has 2 rings (SSSR count). The average molecular weight is 210 g/mol. The highest BCUT2D eigenvalue weighted by Crippen LogP contribution is 2.21. The SMILES string of the molecule is NC1NCCCCC1Cc1cccs1. The van der Waals surface area contributed by atoms with Crippen LogP contribution in [0.1, 0.15) is 24.1 Å². The van der Waals surface area contributed by atoms with Crippen molar-refractivity contribution in [1.82, 2.24) is 5.32 Å². The molecule has 2 heterocycles. The topological polar surface area (TPSA) is 38.0 Å². The van der Waals surface area contributed by atoms with Crippen molar-refractivity contribution in [2.24, 2.45) is 11.7 Å². The van der Waals surface area contributed by atoms with Crippen LogP contribution in [0.15, 0.2) is 17.5 Å². The number of hydrogen-bond acceptors (Lipinski definition) is 3. The van der Waals surface area contributed by atoms with Crippen LogP contribution in [-0.4, -0.2) is 12.7 Å². The van der Waals surface area contributed by atoms with E-state index < -0.39 is 0 Å². The highest BCUT2D eigenvalue weighted by Gasteiger charge is 2.20. The van der Waals surface area contributed by atoms with E-state index in [1.807, 2.05) is 11.3 Å². The smallest absolute Gasteiger partial charge is 0.0578 e. The Balaban J connectivity index is 1.94. The normalized spacial score (nSPS) is 28.6. The van der Waals surface area contributed by atoms with Crippen LogP contribution in [0.25, 0.3) is 0 Å². The zero-order chi connectivity index (χ0) is 9.80. The van der Waals surface area contributed by atoms with Gasteiger partial charge in [0.15, 0.2) is 0 Å². The second-order valence-electron chi connectivity index (χ2n) is 4.02. The fourth-order valence-electron chi connectivity index (χ4n) is 2.06. The van der Waals surface area contributed by atoms with E-state index >= 15 is 0 Å². The highest BCUT2D eigenvalue weighted by atomic mass is 32.1. The third-order valence-corrected chi connectivity index (χ3v) is 3.83. The van der Waals surface area contributed by atoms with Gasteiger partial charge in [0, 0.05) is 4.88 Å². The molecule has 1 aromatic heterocycles. The Kier molecular flexibility index (Phi) is 3.56. The second-order valence-corrected chi connectivity index (χ2v) is 5.05. The molecular weight excluding hydrogens is 192 g/mol. The van der Waals surface area contributed by atoms with E-state index in [-0.39, 0.29) is 6.17 Å². The lowest BCUT2D eigenvalue weighted by atomic mass is 9.96. The molecule has 0 radical (unpaired) electrons. The molecule has 2 nitrogen and oxygen atoms in total. The summed E-state index contributed by atoms with van der Waals surface area (Å²) in [4.78, 5) is 1.47. The van der Waals surface area contributed by atoms with Crippen LogP contribution in [0.4, 0.5) is 0 Å². The summed E-state index contributed by atoms with van der Waals surface area (Å²) in [5, 5.41) is 5.53. The molecular formula is C11H18N2S. The van der Waals surface area contributed by atoms with Crippen LogP contribution in [0.3, 0.4) is 0 Å². The van der Waals surface area contributed by atoms with Gasteiger partial charge in [-0.15, -0.1) is 11.3 Å². The molecule has 1 aliphatic heterocycles. The van der Waals surface area contributed by atoms with Gasteiger partial charge in [0.05, 0.1) is 6.17 Å². The molecule has 0 amide bonds. The van der Waals surface area contributed by atoms with Crippen LogP contribution in [-0.2, 0) is 6.42 Å². The lowest BCUT2D eigenvalue weighted by molar-refractivity contribution is 0.369. The molecule has 1 aromatic rings. The molecule has 1 aliphatic rings. The first-order chi connectivity index (χ1) is 6.86. The predicted molar refractivity (Wildman–Crippen MR) is 61.3 cm³/mol. The summed E-state index contributed by atoms with van der Waals surface area (Å²) in [6.07, 6.45) is 5.20. The van der Waals surface area contributed by atoms with E-state index in [9.17, 15) is 0 Å². The summed E-state index contributed by atoms with van der Waals surface area (Å²) in [6, 6.07) is 4.33. The Hall–Kier alpha value is -0.380. The largest absolute Gasteiger partial charge is 0.316 e. The summed E-state index contributed by atoms with van der Waals surface area (Å²) in [5.41, 5.74) is 6.09. The molecule has 14 heavy (non-hydrogen) atoms. The minimum atomic E-state index is 0.194. The van der Waals surface area contributed by atoms with Crippen molar-refractivity contribution in [2.75, 3.05) is 6.54 Å². The third kappa shape index (κ3) is 2.56. The fourth-order valence-corrected chi connectivity index (χ4v) is 2.86. The molecule has 1 saturated heterocycles. The molecule has 2 unspecified atom stereocenters. The summed E-state index contributed by atoms with van der Waals surface area (Å²) in [7, 11) is 0. The van der Waals surface area contributed by atoms with Crippen molar-refractivity contribution in [3.8, 4) is 0 Å². The first kappa shape index (κ1) is 10.1. The highest BCUT2D eigenvalue weighted by molar-refractivity contribution is 7.09. The molecule has 0 aliphatic carbocycles. The van der Waals surface area contributed by atoms with Crippen molar-refractivity contribution in [1.29, 1.82) is 0 Å². The van der Waals surface area contributed by atoms with E-state index in [1.54, 1.807) is 0 Å². The van der Waals surface area contributed by atoms with Crippen LogP contribution < -0.4 is 11.1 Å². The number of hydrogen-bond donors (Lipinski definition) is 2. The summed E-state index contributed by atoms with van der Waals surface area (Å²) in [6.45, 7) is 1.09. The first-order valence-electron chi connectivity index (χ1n) is 5.37. The molecule has 0 spiro atoms. The van der Waals surface area contributed by atoms with Gasteiger partial charge in [-0.3, -0.25) is 0 Å². The third-order valence-electron chi connectivity index (χ3n) is 2.93. The van der Waals surface area contributed by atoms with Crippen LogP contribution in [0, 0.1) is 5.92 Å². The summed E-state index contributed by atoms with van der Waals surface area (Å²) >= 11 is 1.84. The molecule has 0 bridgehead atoms. The van der Waals surface area contributed by atoms with Crippen molar-refractivity contribution in [2.45, 2.75) is 31.8 Å². The lowest BCUT2D eigenvalue weighted by Gasteiger charge is -2.21. The summed E-state index contributed by atoms with van der Waals surface area (Å²) in [5.74, 6) is 0.621. The van der Waals surface area contributed by atoms with Gasteiger partial charge in [0.2, 0.25) is 0 Å². The van der Waals surface area contributed by atoms with Gasteiger partial charge in [-0.05, 0) is 43.2 Å². The van der Waals surface area contributed by atoms with Gasteiger partial charge < -0.3 is 11.1 Å². The minimum absolute atomic E-state index is 0.194. The molecule has 3 N–H and O–H groups in total. The molecule has 0 saturated carbocycles. The second kappa shape index (κ2) is 4.91. The Labute approximate surface area is 89.5 Å². The average Bonchev–Trinajstić information content (AvgIpc) is 2.60. The van der Waals surface area contributed by atoms with Gasteiger partial charge in [-0.2, -0.15) is 0 Å². The quantitative estimate of drug-likeness (QED) is 0.783.